The molecule has 0 radical (unpaired) electrons. The standard InChI is InChI=1S/C7H9NO7S.C4H5NO3.C3H4O4S.HNS/c9-5-1-2-6(10)8(5)15-7(11)3-4-16(12,13)14;6-3-1-2-4(7)5(3)8;4-3-1-2-8(5,6)7-3;1-2/h1-4H2,(H,12,13,14);8H,1-2H2;1-2H2;1H. The van der Waals surface area contributed by atoms with Gasteiger partial charge in [-0.1, -0.05) is 0 Å². The van der Waals surface area contributed by atoms with Crippen LogP contribution in [-0.2, 0) is 70.4 Å². The van der Waals surface area contributed by atoms with Crippen LogP contribution in [0.1, 0.15) is 38.5 Å². The van der Waals surface area contributed by atoms with Crippen molar-refractivity contribution in [2.24, 2.45) is 0 Å². The van der Waals surface area contributed by atoms with Crippen molar-refractivity contribution in [2.75, 3.05) is 11.5 Å². The fraction of sp³-hybridized carbons (Fsp3) is 0.571. The lowest BCUT2D eigenvalue weighted by Gasteiger charge is -2.11. The molecule has 3 rings (SSSR count). The lowest BCUT2D eigenvalue weighted by Crippen LogP contribution is -2.32. The molecule has 3 aliphatic heterocycles. The van der Waals surface area contributed by atoms with Gasteiger partial charge in [0.25, 0.3) is 33.7 Å². The van der Waals surface area contributed by atoms with Crippen LogP contribution in [0.5, 0.6) is 0 Å². The van der Waals surface area contributed by atoms with Crippen LogP contribution < -0.4 is 0 Å². The summed E-state index contributed by atoms with van der Waals surface area (Å²) in [6.45, 7) is 0. The van der Waals surface area contributed by atoms with Gasteiger partial charge >= 0.3 is 22.1 Å². The van der Waals surface area contributed by atoms with Crippen LogP contribution in [0.25, 0.3) is 0 Å². The Balaban J connectivity index is 0.000000507. The molecule has 17 nitrogen and oxygen atoms in total. The van der Waals surface area contributed by atoms with E-state index in [2.05, 4.69) is 21.4 Å². The van der Waals surface area contributed by atoms with Gasteiger partial charge in [-0.15, -0.1) is 5.06 Å². The normalized spacial score (nSPS) is 18.7. The van der Waals surface area contributed by atoms with E-state index in [0.717, 1.165) is 0 Å². The van der Waals surface area contributed by atoms with E-state index < -0.39 is 68.0 Å². The minimum Gasteiger partial charge on any atom is -0.346 e. The maximum Gasteiger partial charge on any atom is 0.334 e. The molecule has 3 fully saturated rings. The van der Waals surface area contributed by atoms with Gasteiger partial charge in [0, 0.05) is 38.1 Å². The molecule has 20 heteroatoms. The summed E-state index contributed by atoms with van der Waals surface area (Å²) in [5.41, 5.74) is 0. The number of hydroxylamine groups is 4. The van der Waals surface area contributed by atoms with E-state index >= 15 is 0 Å². The summed E-state index contributed by atoms with van der Waals surface area (Å²) in [5, 5.41) is 8.88. The van der Waals surface area contributed by atoms with Crippen LogP contribution in [0.4, 0.5) is 0 Å². The van der Waals surface area contributed by atoms with Crippen LogP contribution in [-0.4, -0.2) is 83.8 Å². The smallest absolute Gasteiger partial charge is 0.334 e. The topological polar surface area (TPSA) is 260 Å². The summed E-state index contributed by atoms with van der Waals surface area (Å²) >= 11 is 3.33. The Morgan fingerprint density at radius 1 is 0.971 bits per heavy atom. The highest BCUT2D eigenvalue weighted by Crippen LogP contribution is 2.12. The average Bonchev–Trinajstić information content (AvgIpc) is 3.35. The minimum absolute atomic E-state index is 0.00231. The molecule has 0 aliphatic carbocycles. The predicted molar refractivity (Wildman–Crippen MR) is 106 cm³/mol. The van der Waals surface area contributed by atoms with Crippen molar-refractivity contribution in [3.63, 3.8) is 0 Å². The highest BCUT2D eigenvalue weighted by Gasteiger charge is 2.33. The van der Waals surface area contributed by atoms with Gasteiger partial charge < -0.3 is 9.02 Å². The van der Waals surface area contributed by atoms with Gasteiger partial charge in [-0.3, -0.25) is 33.7 Å². The number of imide groups is 2. The molecule has 3 aliphatic rings. The second kappa shape index (κ2) is 13.7. The summed E-state index contributed by atoms with van der Waals surface area (Å²) in [5.74, 6) is -5.00. The predicted octanol–water partition coefficient (Wildman–Crippen LogP) is -2.05. The number of amides is 4. The lowest BCUT2D eigenvalue weighted by molar-refractivity contribution is -0.197. The Hall–Kier alpha value is -2.94. The van der Waals surface area contributed by atoms with E-state index in [0.29, 0.717) is 5.06 Å². The Kier molecular flexibility index (Phi) is 12.5. The Bertz CT molecular complexity index is 1010. The Labute approximate surface area is 197 Å². The zero-order chi connectivity index (χ0) is 26.7. The zero-order valence-corrected chi connectivity index (χ0v) is 19.5. The number of nitrogens with one attached hydrogen (secondary N) is 1. The molecule has 0 aromatic heterocycles. The monoisotopic (exact) mass is 549 g/mol. The molecule has 0 saturated carbocycles. The molecule has 0 unspecified atom stereocenters. The number of carbonyl (C=O) groups excluding carboxylic acids is 6. The number of hydrogen-bond donors (Lipinski definition) is 3. The van der Waals surface area contributed by atoms with E-state index in [9.17, 15) is 45.6 Å². The van der Waals surface area contributed by atoms with Crippen molar-refractivity contribution in [3.05, 3.63) is 0 Å². The molecule has 0 bridgehead atoms. The number of carbonyl (C=O) groups is 6. The van der Waals surface area contributed by atoms with Crippen LogP contribution in [0.2, 0.25) is 0 Å². The van der Waals surface area contributed by atoms with Crippen molar-refractivity contribution in [1.29, 1.82) is 4.78 Å². The molecule has 34 heavy (non-hydrogen) atoms. The molecule has 0 atom stereocenters. The number of nitrogens with zero attached hydrogens (tertiary/aromatic N) is 2. The fourth-order valence-corrected chi connectivity index (χ4v) is 3.31. The van der Waals surface area contributed by atoms with Crippen molar-refractivity contribution in [2.45, 2.75) is 38.5 Å². The fourth-order valence-electron chi connectivity index (χ4n) is 2.02. The zero-order valence-electron chi connectivity index (χ0n) is 17.1. The lowest BCUT2D eigenvalue weighted by atomic mass is 10.4. The molecule has 0 aromatic carbocycles. The van der Waals surface area contributed by atoms with Crippen LogP contribution in [0.15, 0.2) is 0 Å². The molecular formula is C14H19N3O14S3. The van der Waals surface area contributed by atoms with Gasteiger partial charge in [0.05, 0.1) is 24.3 Å². The first-order valence-electron chi connectivity index (χ1n) is 8.83. The first-order chi connectivity index (χ1) is 15.6. The van der Waals surface area contributed by atoms with Gasteiger partial charge in [0.1, 0.15) is 0 Å². The molecule has 0 aromatic rings. The summed E-state index contributed by atoms with van der Waals surface area (Å²) in [6.07, 6.45) is -0.405. The van der Waals surface area contributed by atoms with Gasteiger partial charge in [-0.25, -0.2) is 9.57 Å². The van der Waals surface area contributed by atoms with E-state index in [1.54, 1.807) is 0 Å². The average molecular weight is 550 g/mol. The summed E-state index contributed by atoms with van der Waals surface area (Å²) < 4.78 is 58.6. The third-order valence-electron chi connectivity index (χ3n) is 3.56. The molecule has 3 saturated heterocycles. The highest BCUT2D eigenvalue weighted by atomic mass is 32.2. The van der Waals surface area contributed by atoms with Crippen LogP contribution in [0, 0.1) is 4.78 Å². The largest absolute Gasteiger partial charge is 0.346 e. The highest BCUT2D eigenvalue weighted by molar-refractivity contribution is 7.87. The van der Waals surface area contributed by atoms with E-state index in [1.165, 1.54) is 0 Å². The van der Waals surface area contributed by atoms with Gasteiger partial charge in [0.15, 0.2) is 0 Å². The number of rotatable bonds is 4. The maximum atomic E-state index is 11.0. The summed E-state index contributed by atoms with van der Waals surface area (Å²) in [7, 11) is -7.71. The van der Waals surface area contributed by atoms with Gasteiger partial charge in [0.2, 0.25) is 0 Å². The maximum absolute atomic E-state index is 11.0. The van der Waals surface area contributed by atoms with Crippen LogP contribution in [0.3, 0.4) is 0 Å². The van der Waals surface area contributed by atoms with E-state index in [1.807, 2.05) is 0 Å². The van der Waals surface area contributed by atoms with Crippen molar-refractivity contribution in [3.8, 4) is 0 Å². The Morgan fingerprint density at radius 2 is 1.41 bits per heavy atom. The van der Waals surface area contributed by atoms with Crippen molar-refractivity contribution < 1.29 is 64.4 Å². The summed E-state index contributed by atoms with van der Waals surface area (Å²) in [6, 6.07) is 0. The quantitative estimate of drug-likeness (QED) is 0.147. The van der Waals surface area contributed by atoms with Crippen molar-refractivity contribution >= 4 is 68.2 Å². The first kappa shape index (κ1) is 31.1. The second-order valence-corrected chi connectivity index (χ2v) is 9.41. The van der Waals surface area contributed by atoms with Crippen LogP contribution >= 0.6 is 0 Å². The molecule has 4 amide bonds. The minimum atomic E-state index is -4.27. The van der Waals surface area contributed by atoms with E-state index in [4.69, 9.17) is 14.5 Å². The molecular weight excluding hydrogens is 530 g/mol. The van der Waals surface area contributed by atoms with Crippen molar-refractivity contribution in [1.82, 2.24) is 10.1 Å². The number of hydrogen-bond acceptors (Lipinski definition) is 15. The summed E-state index contributed by atoms with van der Waals surface area (Å²) in [4.78, 5) is 67.8. The molecule has 3 heterocycles. The Morgan fingerprint density at radius 3 is 1.68 bits per heavy atom. The molecule has 0 spiro atoms. The van der Waals surface area contributed by atoms with Gasteiger partial charge in [-0.2, -0.15) is 21.9 Å². The third kappa shape index (κ3) is 11.8. The van der Waals surface area contributed by atoms with Gasteiger partial charge in [-0.05, 0) is 0 Å². The third-order valence-corrected chi connectivity index (χ3v) is 5.43. The molecule has 3 N–H and O–H groups in total. The molecule has 192 valence electrons. The van der Waals surface area contributed by atoms with E-state index in [-0.39, 0.29) is 42.9 Å². The SMILES string of the molecule is N=S.O=C(CCS(=O)(=O)O)ON1C(=O)CCC1=O.O=C1CCC(=O)N1O.O=C1CCS(=O)(=O)O1. The first-order valence-corrected chi connectivity index (χ1v) is 12.4. The second-order valence-electron chi connectivity index (χ2n) is 6.15.